The summed E-state index contributed by atoms with van der Waals surface area (Å²) in [5.41, 5.74) is 5.60. The number of nitrogens with zero attached hydrogens (tertiary/aromatic N) is 1. The molecule has 0 aliphatic carbocycles. The second-order valence-corrected chi connectivity index (χ2v) is 10.2. The first-order chi connectivity index (χ1) is 15.2. The highest BCUT2D eigenvalue weighted by Gasteiger charge is 2.34. The van der Waals surface area contributed by atoms with Crippen LogP contribution < -0.4 is 10.2 Å². The molecule has 4 rings (SSSR count). The van der Waals surface area contributed by atoms with Crippen LogP contribution in [0.5, 0.6) is 0 Å². The number of amides is 2. The van der Waals surface area contributed by atoms with Gasteiger partial charge in [0.05, 0.1) is 5.75 Å². The fraction of sp³-hybridized carbons (Fsp3) is 0.259. The molecule has 4 nitrogen and oxygen atoms in total. The van der Waals surface area contributed by atoms with Crippen LogP contribution in [0.3, 0.4) is 0 Å². The average Bonchev–Trinajstić information content (AvgIpc) is 3.15. The van der Waals surface area contributed by atoms with E-state index in [1.165, 1.54) is 5.56 Å². The van der Waals surface area contributed by atoms with Gasteiger partial charge < -0.3 is 5.32 Å². The average molecular weight is 445 g/mol. The first-order valence-corrected chi connectivity index (χ1v) is 11.8. The van der Waals surface area contributed by atoms with Crippen molar-refractivity contribution in [3.8, 4) is 0 Å². The Morgan fingerprint density at radius 3 is 2.25 bits per heavy atom. The van der Waals surface area contributed by atoms with Gasteiger partial charge in [-0.3, -0.25) is 14.5 Å². The maximum atomic E-state index is 12.7. The predicted molar refractivity (Wildman–Crippen MR) is 133 cm³/mol. The first-order valence-electron chi connectivity index (χ1n) is 10.8. The van der Waals surface area contributed by atoms with E-state index < -0.39 is 0 Å². The molecule has 164 valence electrons. The number of rotatable bonds is 4. The van der Waals surface area contributed by atoms with Crippen molar-refractivity contribution in [2.75, 3.05) is 16.0 Å². The Kier molecular flexibility index (Phi) is 6.11. The Morgan fingerprint density at radius 1 is 0.969 bits per heavy atom. The van der Waals surface area contributed by atoms with Crippen LogP contribution in [-0.4, -0.2) is 17.6 Å². The molecule has 3 aromatic carbocycles. The zero-order chi connectivity index (χ0) is 22.9. The van der Waals surface area contributed by atoms with Crippen LogP contribution in [0, 0.1) is 6.92 Å². The van der Waals surface area contributed by atoms with Gasteiger partial charge in [-0.25, -0.2) is 0 Å². The van der Waals surface area contributed by atoms with Gasteiger partial charge in [0.25, 0.3) is 5.91 Å². The summed E-state index contributed by atoms with van der Waals surface area (Å²) in [5, 5.41) is 2.88. The molecule has 1 N–H and O–H groups in total. The maximum absolute atomic E-state index is 12.7. The molecule has 0 saturated carbocycles. The third kappa shape index (κ3) is 4.58. The summed E-state index contributed by atoms with van der Waals surface area (Å²) in [6.45, 7) is 8.47. The number of carbonyl (C=O) groups is 2. The van der Waals surface area contributed by atoms with Gasteiger partial charge in [0.1, 0.15) is 5.37 Å². The number of carbonyl (C=O) groups excluding carboxylic acids is 2. The molecule has 0 aromatic heterocycles. The number of hydrogen-bond donors (Lipinski definition) is 1. The fourth-order valence-electron chi connectivity index (χ4n) is 3.83. The molecule has 1 fully saturated rings. The number of aryl methyl sites for hydroxylation is 1. The molecule has 1 heterocycles. The Labute approximate surface area is 194 Å². The zero-order valence-electron chi connectivity index (χ0n) is 18.9. The highest BCUT2D eigenvalue weighted by Crippen LogP contribution is 2.42. The SMILES string of the molecule is Cc1ccccc1C(=O)Nc1ccc([C@H]2SCC(=O)N2c2ccc(C(C)(C)C)cc2)cc1. The van der Waals surface area contributed by atoms with Gasteiger partial charge >= 0.3 is 0 Å². The van der Waals surface area contributed by atoms with E-state index in [1.54, 1.807) is 11.8 Å². The lowest BCUT2D eigenvalue weighted by Gasteiger charge is -2.26. The molecule has 0 spiro atoms. The summed E-state index contributed by atoms with van der Waals surface area (Å²) in [5.74, 6) is 0.444. The van der Waals surface area contributed by atoms with E-state index in [4.69, 9.17) is 0 Å². The number of benzene rings is 3. The van der Waals surface area contributed by atoms with Crippen LogP contribution in [-0.2, 0) is 10.2 Å². The number of thioether (sulfide) groups is 1. The molecular formula is C27H28N2O2S. The van der Waals surface area contributed by atoms with E-state index in [0.29, 0.717) is 11.3 Å². The summed E-state index contributed by atoms with van der Waals surface area (Å²) in [4.78, 5) is 27.1. The Balaban J connectivity index is 1.52. The second kappa shape index (κ2) is 8.83. The molecule has 0 radical (unpaired) electrons. The minimum Gasteiger partial charge on any atom is -0.322 e. The van der Waals surface area contributed by atoms with Crippen molar-refractivity contribution in [3.05, 3.63) is 95.1 Å². The van der Waals surface area contributed by atoms with E-state index in [9.17, 15) is 9.59 Å². The summed E-state index contributed by atoms with van der Waals surface area (Å²) in [6, 6.07) is 23.6. The molecule has 0 unspecified atom stereocenters. The summed E-state index contributed by atoms with van der Waals surface area (Å²) < 4.78 is 0. The predicted octanol–water partition coefficient (Wildman–Crippen LogP) is 6.32. The van der Waals surface area contributed by atoms with Crippen LogP contribution >= 0.6 is 11.8 Å². The molecule has 1 atom stereocenters. The summed E-state index contributed by atoms with van der Waals surface area (Å²) in [7, 11) is 0. The largest absolute Gasteiger partial charge is 0.322 e. The molecule has 0 bridgehead atoms. The van der Waals surface area contributed by atoms with Crippen molar-refractivity contribution in [1.29, 1.82) is 0 Å². The lowest BCUT2D eigenvalue weighted by atomic mass is 9.87. The minimum atomic E-state index is -0.123. The molecule has 32 heavy (non-hydrogen) atoms. The number of hydrogen-bond acceptors (Lipinski definition) is 3. The third-order valence-corrected chi connectivity index (χ3v) is 6.94. The molecule has 3 aromatic rings. The van der Waals surface area contributed by atoms with Crippen LogP contribution in [0.4, 0.5) is 11.4 Å². The number of nitrogens with one attached hydrogen (secondary N) is 1. The van der Waals surface area contributed by atoms with Gasteiger partial charge in [0.15, 0.2) is 0 Å². The minimum absolute atomic E-state index is 0.0697. The zero-order valence-corrected chi connectivity index (χ0v) is 19.7. The Hall–Kier alpha value is -3.05. The monoisotopic (exact) mass is 444 g/mol. The molecule has 5 heteroatoms. The van der Waals surface area contributed by atoms with E-state index in [1.807, 2.05) is 72.5 Å². The van der Waals surface area contributed by atoms with Crippen LogP contribution in [0.15, 0.2) is 72.8 Å². The summed E-state index contributed by atoms with van der Waals surface area (Å²) in [6.07, 6.45) is 0. The smallest absolute Gasteiger partial charge is 0.255 e. The maximum Gasteiger partial charge on any atom is 0.255 e. The lowest BCUT2D eigenvalue weighted by Crippen LogP contribution is -2.28. The van der Waals surface area contributed by atoms with E-state index in [-0.39, 0.29) is 22.6 Å². The standard InChI is InChI=1S/C27H28N2O2S/c1-18-7-5-6-8-23(18)25(31)28-21-13-9-19(10-14-21)26-29(24(30)17-32-26)22-15-11-20(12-16-22)27(2,3)4/h5-16,26H,17H2,1-4H3,(H,28,31)/t26-/m1/s1. The van der Waals surface area contributed by atoms with E-state index in [0.717, 1.165) is 22.5 Å². The Bertz CT molecular complexity index is 1130. The molecule has 1 saturated heterocycles. The normalized spacial score (nSPS) is 16.3. The fourth-order valence-corrected chi connectivity index (χ4v) is 5.01. The lowest BCUT2D eigenvalue weighted by molar-refractivity contribution is -0.115. The van der Waals surface area contributed by atoms with Crippen LogP contribution in [0.25, 0.3) is 0 Å². The van der Waals surface area contributed by atoms with Crippen molar-refractivity contribution in [2.24, 2.45) is 0 Å². The molecule has 2 amide bonds. The second-order valence-electron chi connectivity index (χ2n) is 9.12. The van der Waals surface area contributed by atoms with Crippen LogP contribution in [0.2, 0.25) is 0 Å². The number of anilines is 2. The van der Waals surface area contributed by atoms with Crippen molar-refractivity contribution >= 4 is 35.0 Å². The molecule has 1 aliphatic heterocycles. The third-order valence-electron chi connectivity index (χ3n) is 5.72. The molecule has 1 aliphatic rings. The van der Waals surface area contributed by atoms with Crippen LogP contribution in [0.1, 0.15) is 53.2 Å². The van der Waals surface area contributed by atoms with E-state index >= 15 is 0 Å². The molecular weight excluding hydrogens is 416 g/mol. The van der Waals surface area contributed by atoms with Gasteiger partial charge in [-0.1, -0.05) is 63.2 Å². The van der Waals surface area contributed by atoms with Gasteiger partial charge in [0, 0.05) is 16.9 Å². The highest BCUT2D eigenvalue weighted by atomic mass is 32.2. The van der Waals surface area contributed by atoms with E-state index in [2.05, 4.69) is 38.2 Å². The van der Waals surface area contributed by atoms with Gasteiger partial charge in [0.2, 0.25) is 5.91 Å². The summed E-state index contributed by atoms with van der Waals surface area (Å²) >= 11 is 1.62. The van der Waals surface area contributed by atoms with Crippen molar-refractivity contribution in [1.82, 2.24) is 0 Å². The topological polar surface area (TPSA) is 49.4 Å². The quantitative estimate of drug-likeness (QED) is 0.512. The highest BCUT2D eigenvalue weighted by molar-refractivity contribution is 8.00. The van der Waals surface area contributed by atoms with Gasteiger partial charge in [-0.05, 0) is 59.4 Å². The van der Waals surface area contributed by atoms with Gasteiger partial charge in [-0.2, -0.15) is 0 Å². The van der Waals surface area contributed by atoms with Crippen molar-refractivity contribution < 1.29 is 9.59 Å². The van der Waals surface area contributed by atoms with Gasteiger partial charge in [-0.15, -0.1) is 11.8 Å². The van der Waals surface area contributed by atoms with Crippen molar-refractivity contribution in [2.45, 2.75) is 38.5 Å². The first kappa shape index (κ1) is 22.2. The Morgan fingerprint density at radius 2 is 1.62 bits per heavy atom. The van der Waals surface area contributed by atoms with Crippen molar-refractivity contribution in [3.63, 3.8) is 0 Å².